The van der Waals surface area contributed by atoms with Gasteiger partial charge in [0.25, 0.3) is 5.91 Å². The lowest BCUT2D eigenvalue weighted by atomic mass is 10.1. The Balaban J connectivity index is 0.00000341. The summed E-state index contributed by atoms with van der Waals surface area (Å²) in [5.74, 6) is 1.52. The fraction of sp³-hybridized carbons (Fsp3) is 0.500. The van der Waals surface area contributed by atoms with Crippen molar-refractivity contribution >= 4 is 47.2 Å². The van der Waals surface area contributed by atoms with Crippen molar-refractivity contribution in [3.8, 4) is 0 Å². The molecule has 2 heterocycles. The van der Waals surface area contributed by atoms with E-state index in [1.165, 1.54) is 11.3 Å². The Kier molecular flexibility index (Phi) is 11.4. The molecule has 3 rings (SSSR count). The molecular weight excluding hydrogens is 519 g/mol. The number of piperidine rings is 1. The molecule has 1 saturated heterocycles. The number of carbonyl (C=O) groups is 1. The van der Waals surface area contributed by atoms with Gasteiger partial charge < -0.3 is 15.5 Å². The second kappa shape index (κ2) is 13.7. The molecule has 1 aromatic heterocycles. The number of guanidine groups is 1. The molecule has 2 aromatic rings. The quantitative estimate of drug-likeness (QED) is 0.277. The molecule has 0 bridgehead atoms. The van der Waals surface area contributed by atoms with Crippen LogP contribution < -0.4 is 10.6 Å². The molecular formula is C24H35IN4OS. The molecule has 0 radical (unpaired) electrons. The summed E-state index contributed by atoms with van der Waals surface area (Å²) in [5.41, 5.74) is 1.88. The second-order valence-corrected chi connectivity index (χ2v) is 9.05. The van der Waals surface area contributed by atoms with Gasteiger partial charge in [-0.05, 0) is 67.7 Å². The number of hydrogen-bond acceptors (Lipinski definition) is 3. The fourth-order valence-corrected chi connectivity index (χ4v) is 4.53. The largest absolute Gasteiger partial charge is 0.357 e. The maximum atomic E-state index is 12.6. The van der Waals surface area contributed by atoms with Crippen LogP contribution in [0.1, 0.15) is 53.9 Å². The van der Waals surface area contributed by atoms with Crippen LogP contribution in [0, 0.1) is 5.92 Å². The Labute approximate surface area is 207 Å². The number of carbonyl (C=O) groups excluding carboxylic acids is 1. The molecule has 1 unspecified atom stereocenters. The van der Waals surface area contributed by atoms with Crippen LogP contribution in [0.25, 0.3) is 0 Å². The third-order valence-electron chi connectivity index (χ3n) is 5.36. The lowest BCUT2D eigenvalue weighted by Gasteiger charge is -2.26. The lowest BCUT2D eigenvalue weighted by Crippen LogP contribution is -2.39. The Morgan fingerprint density at radius 2 is 1.87 bits per heavy atom. The normalized spacial score (nSPS) is 15.2. The van der Waals surface area contributed by atoms with E-state index in [0.29, 0.717) is 12.5 Å². The number of thiophene rings is 1. The van der Waals surface area contributed by atoms with E-state index in [2.05, 4.69) is 42.0 Å². The van der Waals surface area contributed by atoms with Crippen LogP contribution in [0.15, 0.2) is 46.8 Å². The first kappa shape index (κ1) is 25.6. The predicted molar refractivity (Wildman–Crippen MR) is 142 cm³/mol. The van der Waals surface area contributed by atoms with Crippen LogP contribution in [0.5, 0.6) is 0 Å². The van der Waals surface area contributed by atoms with E-state index in [4.69, 9.17) is 4.99 Å². The Morgan fingerprint density at radius 1 is 1.13 bits per heavy atom. The zero-order valence-corrected chi connectivity index (χ0v) is 21.7. The zero-order valence-electron chi connectivity index (χ0n) is 18.6. The molecule has 1 amide bonds. The van der Waals surface area contributed by atoms with Gasteiger partial charge in [0.2, 0.25) is 0 Å². The molecule has 1 aromatic carbocycles. The van der Waals surface area contributed by atoms with Crippen LogP contribution in [-0.2, 0) is 13.0 Å². The molecule has 170 valence electrons. The minimum absolute atomic E-state index is 0. The predicted octanol–water partition coefficient (Wildman–Crippen LogP) is 4.93. The lowest BCUT2D eigenvalue weighted by molar-refractivity contribution is 0.0724. The van der Waals surface area contributed by atoms with Gasteiger partial charge in [0.15, 0.2) is 5.96 Å². The monoisotopic (exact) mass is 554 g/mol. The number of hydrogen-bond donors (Lipinski definition) is 2. The minimum Gasteiger partial charge on any atom is -0.357 e. The highest BCUT2D eigenvalue weighted by atomic mass is 127. The molecule has 1 atom stereocenters. The Hall–Kier alpha value is -1.61. The molecule has 2 N–H and O–H groups in total. The molecule has 0 aliphatic carbocycles. The van der Waals surface area contributed by atoms with Crippen LogP contribution in [0.4, 0.5) is 0 Å². The van der Waals surface area contributed by atoms with E-state index in [1.807, 2.05) is 40.5 Å². The topological polar surface area (TPSA) is 56.7 Å². The number of halogens is 1. The number of benzene rings is 1. The summed E-state index contributed by atoms with van der Waals surface area (Å²) in [6.07, 6.45) is 4.54. The number of amides is 1. The highest BCUT2D eigenvalue weighted by Crippen LogP contribution is 2.15. The van der Waals surface area contributed by atoms with Crippen LogP contribution in [0.3, 0.4) is 0 Å². The van der Waals surface area contributed by atoms with Crippen LogP contribution >= 0.6 is 35.3 Å². The van der Waals surface area contributed by atoms with E-state index in [0.717, 1.165) is 62.5 Å². The summed E-state index contributed by atoms with van der Waals surface area (Å²) >= 11 is 1.81. The maximum Gasteiger partial charge on any atom is 0.253 e. The molecule has 1 aliphatic heterocycles. The van der Waals surface area contributed by atoms with Gasteiger partial charge in [-0.25, -0.2) is 4.99 Å². The third-order valence-corrected chi connectivity index (χ3v) is 6.25. The zero-order chi connectivity index (χ0) is 21.2. The Bertz CT molecular complexity index is 801. The SMILES string of the molecule is CCNC(=NCc1ccc(C(=O)N2CCCCC2)cc1)NCC(C)Cc1cccs1.I. The number of nitrogens with one attached hydrogen (secondary N) is 2. The van der Waals surface area contributed by atoms with Crippen molar-refractivity contribution < 1.29 is 4.79 Å². The fourth-order valence-electron chi connectivity index (χ4n) is 3.66. The highest BCUT2D eigenvalue weighted by molar-refractivity contribution is 14.0. The molecule has 5 nitrogen and oxygen atoms in total. The van der Waals surface area contributed by atoms with Gasteiger partial charge in [-0.1, -0.05) is 25.1 Å². The number of rotatable bonds is 8. The summed E-state index contributed by atoms with van der Waals surface area (Å²) in [5, 5.41) is 8.91. The summed E-state index contributed by atoms with van der Waals surface area (Å²) in [6, 6.07) is 12.2. The van der Waals surface area contributed by atoms with Crippen molar-refractivity contribution in [2.24, 2.45) is 10.9 Å². The molecule has 1 fully saturated rings. The first-order chi connectivity index (χ1) is 14.7. The van der Waals surface area contributed by atoms with Gasteiger partial charge in [-0.15, -0.1) is 35.3 Å². The number of nitrogens with zero attached hydrogens (tertiary/aromatic N) is 2. The minimum atomic E-state index is 0. The summed E-state index contributed by atoms with van der Waals surface area (Å²) < 4.78 is 0. The van der Waals surface area contributed by atoms with E-state index in [9.17, 15) is 4.79 Å². The average molecular weight is 555 g/mol. The number of aliphatic imine (C=N–C) groups is 1. The molecule has 1 aliphatic rings. The summed E-state index contributed by atoms with van der Waals surface area (Å²) in [7, 11) is 0. The van der Waals surface area contributed by atoms with Gasteiger partial charge >= 0.3 is 0 Å². The van der Waals surface area contributed by atoms with Crippen LogP contribution in [-0.4, -0.2) is 42.9 Å². The first-order valence-corrected chi connectivity index (χ1v) is 12.0. The van der Waals surface area contributed by atoms with Crippen molar-refractivity contribution in [1.29, 1.82) is 0 Å². The number of likely N-dealkylation sites (tertiary alicyclic amines) is 1. The maximum absolute atomic E-state index is 12.6. The van der Waals surface area contributed by atoms with E-state index >= 15 is 0 Å². The van der Waals surface area contributed by atoms with Crippen molar-refractivity contribution in [3.05, 3.63) is 57.8 Å². The van der Waals surface area contributed by atoms with Crippen molar-refractivity contribution in [1.82, 2.24) is 15.5 Å². The van der Waals surface area contributed by atoms with Gasteiger partial charge in [-0.2, -0.15) is 0 Å². The van der Waals surface area contributed by atoms with E-state index < -0.39 is 0 Å². The van der Waals surface area contributed by atoms with E-state index in [1.54, 1.807) is 0 Å². The highest BCUT2D eigenvalue weighted by Gasteiger charge is 2.17. The molecule has 31 heavy (non-hydrogen) atoms. The Morgan fingerprint density at radius 3 is 2.52 bits per heavy atom. The smallest absolute Gasteiger partial charge is 0.253 e. The van der Waals surface area contributed by atoms with E-state index in [-0.39, 0.29) is 29.9 Å². The third kappa shape index (κ3) is 8.44. The average Bonchev–Trinajstić information content (AvgIpc) is 3.29. The standard InChI is InChI=1S/C24H34N4OS.HI/c1-3-25-24(26-17-19(2)16-22-8-7-15-30-22)27-18-20-9-11-21(12-10-20)23(29)28-13-5-4-6-14-28;/h7-12,15,19H,3-6,13-14,16-18H2,1-2H3,(H2,25,26,27);1H. The summed E-state index contributed by atoms with van der Waals surface area (Å²) in [4.78, 5) is 20.7. The van der Waals surface area contributed by atoms with Crippen molar-refractivity contribution in [3.63, 3.8) is 0 Å². The molecule has 7 heteroatoms. The van der Waals surface area contributed by atoms with Gasteiger partial charge in [0.1, 0.15) is 0 Å². The summed E-state index contributed by atoms with van der Waals surface area (Å²) in [6.45, 7) is 8.40. The van der Waals surface area contributed by atoms with Gasteiger partial charge in [0.05, 0.1) is 6.54 Å². The van der Waals surface area contributed by atoms with Crippen LogP contribution in [0.2, 0.25) is 0 Å². The molecule has 0 saturated carbocycles. The molecule has 0 spiro atoms. The van der Waals surface area contributed by atoms with Crippen molar-refractivity contribution in [2.45, 2.75) is 46.1 Å². The van der Waals surface area contributed by atoms with Crippen molar-refractivity contribution in [2.75, 3.05) is 26.2 Å². The van der Waals surface area contributed by atoms with Gasteiger partial charge in [0, 0.05) is 36.6 Å². The second-order valence-electron chi connectivity index (χ2n) is 8.01. The first-order valence-electron chi connectivity index (χ1n) is 11.1. The van der Waals surface area contributed by atoms with Gasteiger partial charge in [-0.3, -0.25) is 4.79 Å².